The first-order chi connectivity index (χ1) is 9.72. The van der Waals surface area contributed by atoms with Gasteiger partial charge in [-0.2, -0.15) is 0 Å². The predicted molar refractivity (Wildman–Crippen MR) is 80.7 cm³/mol. The van der Waals surface area contributed by atoms with E-state index in [1.165, 1.54) is 39.2 Å². The van der Waals surface area contributed by atoms with Gasteiger partial charge in [-0.3, -0.25) is 0 Å². The molecule has 0 amide bonds. The van der Waals surface area contributed by atoms with E-state index in [1.807, 2.05) is 6.07 Å². The van der Waals surface area contributed by atoms with Crippen LogP contribution in [0.2, 0.25) is 0 Å². The highest BCUT2D eigenvalue weighted by Gasteiger charge is 2.20. The molecular formula is C17H26FNO. The lowest BCUT2D eigenvalue weighted by atomic mass is 9.94. The Labute approximate surface area is 121 Å². The zero-order valence-electron chi connectivity index (χ0n) is 12.6. The van der Waals surface area contributed by atoms with Crippen molar-refractivity contribution in [3.05, 3.63) is 29.6 Å². The molecule has 1 aliphatic rings. The Kier molecular flexibility index (Phi) is 5.84. The van der Waals surface area contributed by atoms with Crippen molar-refractivity contribution in [1.82, 2.24) is 5.32 Å². The lowest BCUT2D eigenvalue weighted by Crippen LogP contribution is -2.32. The Balaban J connectivity index is 1.97. The Hall–Kier alpha value is -1.09. The minimum atomic E-state index is -0.263. The second-order valence-electron chi connectivity index (χ2n) is 5.81. The number of nitrogens with one attached hydrogen (secondary N) is 1. The van der Waals surface area contributed by atoms with Crippen LogP contribution in [0.3, 0.4) is 0 Å². The van der Waals surface area contributed by atoms with Crippen LogP contribution in [0, 0.1) is 11.7 Å². The molecule has 2 rings (SSSR count). The molecule has 1 aromatic rings. The molecule has 1 N–H and O–H groups in total. The molecule has 1 aromatic carbocycles. The summed E-state index contributed by atoms with van der Waals surface area (Å²) in [6, 6.07) is 5.76. The topological polar surface area (TPSA) is 21.3 Å². The monoisotopic (exact) mass is 279 g/mol. The van der Waals surface area contributed by atoms with Gasteiger partial charge in [-0.05, 0) is 43.0 Å². The Morgan fingerprint density at radius 1 is 1.35 bits per heavy atom. The lowest BCUT2D eigenvalue weighted by molar-refractivity contribution is 0.381. The zero-order valence-corrected chi connectivity index (χ0v) is 12.6. The van der Waals surface area contributed by atoms with Crippen LogP contribution in [0.15, 0.2) is 18.2 Å². The molecule has 0 saturated heterocycles. The lowest BCUT2D eigenvalue weighted by Gasteiger charge is -2.21. The second kappa shape index (κ2) is 7.63. The van der Waals surface area contributed by atoms with Crippen LogP contribution < -0.4 is 10.1 Å². The first kappa shape index (κ1) is 15.3. The Bertz CT molecular complexity index is 415. The van der Waals surface area contributed by atoms with Crippen LogP contribution >= 0.6 is 0 Å². The fourth-order valence-corrected chi connectivity index (χ4v) is 3.30. The maximum atomic E-state index is 13.7. The summed E-state index contributed by atoms with van der Waals surface area (Å²) in [4.78, 5) is 0. The molecule has 1 aliphatic carbocycles. The Morgan fingerprint density at radius 3 is 2.70 bits per heavy atom. The number of rotatable bonds is 7. The molecule has 0 bridgehead atoms. The highest BCUT2D eigenvalue weighted by Crippen LogP contribution is 2.29. The first-order valence-electron chi connectivity index (χ1n) is 7.78. The van der Waals surface area contributed by atoms with Crippen molar-refractivity contribution in [2.24, 2.45) is 5.92 Å². The number of ether oxygens (including phenoxy) is 1. The molecule has 3 heteroatoms. The third-order valence-electron chi connectivity index (χ3n) is 4.28. The second-order valence-corrected chi connectivity index (χ2v) is 5.81. The van der Waals surface area contributed by atoms with E-state index in [9.17, 15) is 4.39 Å². The highest BCUT2D eigenvalue weighted by atomic mass is 19.1. The van der Waals surface area contributed by atoms with Gasteiger partial charge in [0.25, 0.3) is 0 Å². The van der Waals surface area contributed by atoms with E-state index >= 15 is 0 Å². The molecule has 20 heavy (non-hydrogen) atoms. The summed E-state index contributed by atoms with van der Waals surface area (Å²) >= 11 is 0. The van der Waals surface area contributed by atoms with Gasteiger partial charge in [-0.1, -0.05) is 38.7 Å². The van der Waals surface area contributed by atoms with E-state index in [1.54, 1.807) is 12.1 Å². The molecule has 0 aliphatic heterocycles. The fraction of sp³-hybridized carbons (Fsp3) is 0.647. The van der Waals surface area contributed by atoms with E-state index in [2.05, 4.69) is 12.2 Å². The van der Waals surface area contributed by atoms with Crippen molar-refractivity contribution >= 4 is 0 Å². The van der Waals surface area contributed by atoms with Crippen LogP contribution in [-0.2, 0) is 6.42 Å². The molecule has 0 heterocycles. The molecule has 0 aromatic heterocycles. The normalized spacial score (nSPS) is 17.4. The predicted octanol–water partition coefficient (Wildman–Crippen LogP) is 3.94. The first-order valence-corrected chi connectivity index (χ1v) is 7.78. The molecule has 0 radical (unpaired) electrons. The molecule has 112 valence electrons. The average molecular weight is 279 g/mol. The minimum absolute atomic E-state index is 0.263. The van der Waals surface area contributed by atoms with Crippen LogP contribution in [0.4, 0.5) is 4.39 Å². The van der Waals surface area contributed by atoms with Crippen LogP contribution in [0.1, 0.15) is 44.6 Å². The quantitative estimate of drug-likeness (QED) is 0.816. The van der Waals surface area contributed by atoms with Gasteiger partial charge in [0.05, 0.1) is 7.11 Å². The van der Waals surface area contributed by atoms with Crippen molar-refractivity contribution in [2.45, 2.75) is 51.5 Å². The smallest absolute Gasteiger partial charge is 0.165 e. The van der Waals surface area contributed by atoms with Crippen molar-refractivity contribution in [1.29, 1.82) is 0 Å². The number of likely N-dealkylation sites (N-methyl/N-ethyl adjacent to an activating group) is 1. The maximum absolute atomic E-state index is 13.7. The zero-order chi connectivity index (χ0) is 14.4. The summed E-state index contributed by atoms with van der Waals surface area (Å²) in [5.41, 5.74) is 1.05. The molecule has 1 fully saturated rings. The molecule has 1 saturated carbocycles. The summed E-state index contributed by atoms with van der Waals surface area (Å²) in [6.07, 6.45) is 7.58. The van der Waals surface area contributed by atoms with E-state index in [0.29, 0.717) is 11.8 Å². The van der Waals surface area contributed by atoms with Gasteiger partial charge in [0.2, 0.25) is 0 Å². The number of benzene rings is 1. The van der Waals surface area contributed by atoms with Crippen molar-refractivity contribution in [3.63, 3.8) is 0 Å². The summed E-state index contributed by atoms with van der Waals surface area (Å²) in [7, 11) is 1.50. The third-order valence-corrected chi connectivity index (χ3v) is 4.28. The van der Waals surface area contributed by atoms with Crippen molar-refractivity contribution < 1.29 is 9.13 Å². The van der Waals surface area contributed by atoms with E-state index in [-0.39, 0.29) is 5.82 Å². The van der Waals surface area contributed by atoms with E-state index in [4.69, 9.17) is 4.74 Å². The maximum Gasteiger partial charge on any atom is 0.165 e. The van der Waals surface area contributed by atoms with Crippen LogP contribution in [-0.4, -0.2) is 19.7 Å². The van der Waals surface area contributed by atoms with Crippen molar-refractivity contribution in [3.8, 4) is 5.75 Å². The number of methoxy groups -OCH3 is 1. The van der Waals surface area contributed by atoms with E-state index < -0.39 is 0 Å². The summed E-state index contributed by atoms with van der Waals surface area (Å²) in [5, 5.41) is 3.55. The minimum Gasteiger partial charge on any atom is -0.494 e. The summed E-state index contributed by atoms with van der Waals surface area (Å²) in [6.45, 7) is 3.10. The van der Waals surface area contributed by atoms with Gasteiger partial charge in [-0.15, -0.1) is 0 Å². The van der Waals surface area contributed by atoms with Crippen LogP contribution in [0.25, 0.3) is 0 Å². The van der Waals surface area contributed by atoms with Gasteiger partial charge >= 0.3 is 0 Å². The molecule has 2 nitrogen and oxygen atoms in total. The molecular weight excluding hydrogens is 253 g/mol. The number of hydrogen-bond donors (Lipinski definition) is 1. The molecule has 1 atom stereocenters. The van der Waals surface area contributed by atoms with Gasteiger partial charge in [-0.25, -0.2) is 4.39 Å². The van der Waals surface area contributed by atoms with Gasteiger partial charge in [0.15, 0.2) is 11.6 Å². The number of hydrogen-bond acceptors (Lipinski definition) is 2. The largest absolute Gasteiger partial charge is 0.494 e. The Morgan fingerprint density at radius 2 is 2.10 bits per heavy atom. The third kappa shape index (κ3) is 4.20. The number of halogens is 1. The van der Waals surface area contributed by atoms with Gasteiger partial charge < -0.3 is 10.1 Å². The molecule has 0 spiro atoms. The average Bonchev–Trinajstić information content (AvgIpc) is 2.92. The SMILES string of the molecule is CCNC(Cc1ccc(OC)c(F)c1)CC1CCCC1. The van der Waals surface area contributed by atoms with E-state index in [0.717, 1.165) is 24.4 Å². The van der Waals surface area contributed by atoms with Crippen LogP contribution in [0.5, 0.6) is 5.75 Å². The van der Waals surface area contributed by atoms with Crippen molar-refractivity contribution in [2.75, 3.05) is 13.7 Å². The highest BCUT2D eigenvalue weighted by molar-refractivity contribution is 5.29. The summed E-state index contributed by atoms with van der Waals surface area (Å²) in [5.74, 6) is 0.910. The van der Waals surface area contributed by atoms with Gasteiger partial charge in [0.1, 0.15) is 0 Å². The summed E-state index contributed by atoms with van der Waals surface area (Å²) < 4.78 is 18.7. The fourth-order valence-electron chi connectivity index (χ4n) is 3.30. The molecule has 1 unspecified atom stereocenters. The standard InChI is InChI=1S/C17H26FNO/c1-3-19-15(10-13-6-4-5-7-13)11-14-8-9-17(20-2)16(18)12-14/h8-9,12-13,15,19H,3-7,10-11H2,1-2H3. The van der Waals surface area contributed by atoms with Gasteiger partial charge in [0, 0.05) is 6.04 Å².